The summed E-state index contributed by atoms with van der Waals surface area (Å²) in [5.41, 5.74) is 11.9. The summed E-state index contributed by atoms with van der Waals surface area (Å²) >= 11 is 0. The van der Waals surface area contributed by atoms with Crippen LogP contribution in [0.2, 0.25) is 0 Å². The maximum Gasteiger partial charge on any atom is 0.250 e. The zero-order valence-electron chi connectivity index (χ0n) is 10.1. The van der Waals surface area contributed by atoms with E-state index in [-0.39, 0.29) is 16.9 Å². The van der Waals surface area contributed by atoms with E-state index in [1.165, 1.54) is 6.07 Å². The van der Waals surface area contributed by atoms with Crippen LogP contribution in [0, 0.1) is 5.82 Å². The Hall–Kier alpha value is -2.63. The number of anilines is 2. The van der Waals surface area contributed by atoms with Gasteiger partial charge in [0.15, 0.2) is 0 Å². The third-order valence-electron chi connectivity index (χ3n) is 2.61. The van der Waals surface area contributed by atoms with Gasteiger partial charge in [-0.05, 0) is 23.8 Å². The number of carbonyl (C=O) groups excluding carboxylic acids is 1. The van der Waals surface area contributed by atoms with Crippen molar-refractivity contribution < 1.29 is 9.18 Å². The Labute approximate surface area is 109 Å². The highest BCUT2D eigenvalue weighted by molar-refractivity contribution is 5.99. The number of halogens is 1. The summed E-state index contributed by atoms with van der Waals surface area (Å²) in [6.45, 7) is 0.382. The van der Waals surface area contributed by atoms with Crippen LogP contribution in [-0.4, -0.2) is 10.9 Å². The lowest BCUT2D eigenvalue weighted by Crippen LogP contribution is -2.15. The summed E-state index contributed by atoms with van der Waals surface area (Å²) in [5, 5.41) is 2.87. The van der Waals surface area contributed by atoms with Crippen molar-refractivity contribution in [2.45, 2.75) is 6.54 Å². The second-order valence-electron chi connectivity index (χ2n) is 4.00. The topological polar surface area (TPSA) is 94.0 Å². The van der Waals surface area contributed by atoms with Gasteiger partial charge < -0.3 is 16.8 Å². The monoisotopic (exact) mass is 260 g/mol. The van der Waals surface area contributed by atoms with Gasteiger partial charge in [-0.15, -0.1) is 0 Å². The molecule has 5 nitrogen and oxygen atoms in total. The van der Waals surface area contributed by atoms with E-state index in [1.54, 1.807) is 18.5 Å². The van der Waals surface area contributed by atoms with Gasteiger partial charge in [-0.1, -0.05) is 6.07 Å². The van der Waals surface area contributed by atoms with E-state index in [0.29, 0.717) is 6.54 Å². The highest BCUT2D eigenvalue weighted by Crippen LogP contribution is 2.22. The predicted octanol–water partition coefficient (Wildman–Crippen LogP) is 1.51. The quantitative estimate of drug-likeness (QED) is 0.726. The van der Waals surface area contributed by atoms with Gasteiger partial charge in [-0.25, -0.2) is 4.39 Å². The van der Waals surface area contributed by atoms with E-state index in [1.807, 2.05) is 6.07 Å². The molecule has 0 radical (unpaired) electrons. The van der Waals surface area contributed by atoms with Crippen molar-refractivity contribution >= 4 is 17.3 Å². The first-order valence-corrected chi connectivity index (χ1v) is 5.59. The first-order valence-electron chi connectivity index (χ1n) is 5.59. The second kappa shape index (κ2) is 5.34. The fourth-order valence-electron chi connectivity index (χ4n) is 1.64. The van der Waals surface area contributed by atoms with Gasteiger partial charge in [-0.3, -0.25) is 9.78 Å². The molecule has 0 saturated carbocycles. The Morgan fingerprint density at radius 2 is 2.21 bits per heavy atom. The summed E-state index contributed by atoms with van der Waals surface area (Å²) < 4.78 is 13.7. The molecule has 1 heterocycles. The average Bonchev–Trinajstić information content (AvgIpc) is 2.38. The Morgan fingerprint density at radius 1 is 1.42 bits per heavy atom. The molecule has 2 aromatic rings. The van der Waals surface area contributed by atoms with Gasteiger partial charge >= 0.3 is 0 Å². The maximum absolute atomic E-state index is 13.7. The van der Waals surface area contributed by atoms with E-state index in [0.717, 1.165) is 11.6 Å². The Bertz CT molecular complexity index is 601. The molecule has 6 heteroatoms. The van der Waals surface area contributed by atoms with E-state index in [2.05, 4.69) is 10.3 Å². The normalized spacial score (nSPS) is 10.2. The maximum atomic E-state index is 13.7. The minimum Gasteiger partial charge on any atom is -0.398 e. The fraction of sp³-hybridized carbons (Fsp3) is 0.0769. The SMILES string of the molecule is NC(=O)c1cc(NCc2cccnc2)c(F)cc1N. The fourth-order valence-corrected chi connectivity index (χ4v) is 1.64. The average molecular weight is 260 g/mol. The molecule has 0 spiro atoms. The standard InChI is InChI=1S/C13H13FN4O/c14-10-5-11(15)9(13(16)19)4-12(10)18-7-8-2-1-3-17-6-8/h1-6,18H,7,15H2,(H2,16,19). The molecule has 0 unspecified atom stereocenters. The number of primary amides is 1. The summed E-state index contributed by atoms with van der Waals surface area (Å²) in [7, 11) is 0. The molecule has 0 saturated heterocycles. The number of hydrogen-bond acceptors (Lipinski definition) is 4. The first kappa shape index (κ1) is 12.8. The van der Waals surface area contributed by atoms with Gasteiger partial charge in [0.2, 0.25) is 0 Å². The lowest BCUT2D eigenvalue weighted by molar-refractivity contribution is 0.100. The van der Waals surface area contributed by atoms with Crippen molar-refractivity contribution in [1.82, 2.24) is 4.98 Å². The molecule has 0 atom stereocenters. The van der Waals surface area contributed by atoms with Gasteiger partial charge in [0.05, 0.1) is 11.3 Å². The minimum absolute atomic E-state index is 0.0249. The molecule has 0 aliphatic carbocycles. The number of rotatable bonds is 4. The van der Waals surface area contributed by atoms with E-state index in [4.69, 9.17) is 11.5 Å². The highest BCUT2D eigenvalue weighted by atomic mass is 19.1. The van der Waals surface area contributed by atoms with Crippen LogP contribution in [0.4, 0.5) is 15.8 Å². The molecule has 0 aliphatic rings. The number of nitrogens with one attached hydrogen (secondary N) is 1. The molecule has 0 bridgehead atoms. The molecule has 0 aliphatic heterocycles. The number of benzene rings is 1. The van der Waals surface area contributed by atoms with Crippen LogP contribution < -0.4 is 16.8 Å². The molecule has 0 fully saturated rings. The first-order chi connectivity index (χ1) is 9.08. The highest BCUT2D eigenvalue weighted by Gasteiger charge is 2.11. The summed E-state index contributed by atoms with van der Waals surface area (Å²) in [6, 6.07) is 6.02. The molecule has 5 N–H and O–H groups in total. The van der Waals surface area contributed by atoms with Gasteiger partial charge in [0.1, 0.15) is 5.82 Å². The van der Waals surface area contributed by atoms with Crippen LogP contribution in [0.15, 0.2) is 36.7 Å². The van der Waals surface area contributed by atoms with Crippen molar-refractivity contribution in [2.75, 3.05) is 11.1 Å². The number of aromatic nitrogens is 1. The van der Waals surface area contributed by atoms with Crippen LogP contribution in [0.3, 0.4) is 0 Å². The van der Waals surface area contributed by atoms with Crippen LogP contribution >= 0.6 is 0 Å². The molecule has 98 valence electrons. The zero-order chi connectivity index (χ0) is 13.8. The summed E-state index contributed by atoms with van der Waals surface area (Å²) in [5.74, 6) is -1.23. The number of carbonyl (C=O) groups is 1. The lowest BCUT2D eigenvalue weighted by Gasteiger charge is -2.10. The number of nitrogens with zero attached hydrogens (tertiary/aromatic N) is 1. The summed E-state index contributed by atoms with van der Waals surface area (Å²) in [4.78, 5) is 15.1. The molecule has 19 heavy (non-hydrogen) atoms. The lowest BCUT2D eigenvalue weighted by atomic mass is 10.1. The smallest absolute Gasteiger partial charge is 0.250 e. The van der Waals surface area contributed by atoms with Crippen molar-refractivity contribution in [3.8, 4) is 0 Å². The summed E-state index contributed by atoms with van der Waals surface area (Å²) in [6.07, 6.45) is 3.32. The number of hydrogen-bond donors (Lipinski definition) is 3. The molecule has 1 amide bonds. The van der Waals surface area contributed by atoms with E-state index in [9.17, 15) is 9.18 Å². The number of nitrogens with two attached hydrogens (primary N) is 2. The number of nitrogen functional groups attached to an aromatic ring is 1. The Kier molecular flexibility index (Phi) is 3.61. The van der Waals surface area contributed by atoms with Crippen molar-refractivity contribution in [1.29, 1.82) is 0 Å². The van der Waals surface area contributed by atoms with Crippen molar-refractivity contribution in [3.63, 3.8) is 0 Å². The van der Waals surface area contributed by atoms with Gasteiger partial charge in [0.25, 0.3) is 5.91 Å². The van der Waals surface area contributed by atoms with Crippen molar-refractivity contribution in [3.05, 3.63) is 53.6 Å². The van der Waals surface area contributed by atoms with Gasteiger partial charge in [-0.2, -0.15) is 0 Å². The zero-order valence-corrected chi connectivity index (χ0v) is 10.1. The Balaban J connectivity index is 2.21. The Morgan fingerprint density at radius 3 is 2.84 bits per heavy atom. The van der Waals surface area contributed by atoms with Crippen LogP contribution in [0.25, 0.3) is 0 Å². The largest absolute Gasteiger partial charge is 0.398 e. The van der Waals surface area contributed by atoms with Crippen LogP contribution in [0.5, 0.6) is 0 Å². The molecular formula is C13H13FN4O. The van der Waals surface area contributed by atoms with E-state index >= 15 is 0 Å². The number of amides is 1. The third-order valence-corrected chi connectivity index (χ3v) is 2.61. The predicted molar refractivity (Wildman–Crippen MR) is 70.9 cm³/mol. The second-order valence-corrected chi connectivity index (χ2v) is 4.00. The van der Waals surface area contributed by atoms with Crippen LogP contribution in [-0.2, 0) is 6.54 Å². The molecular weight excluding hydrogens is 247 g/mol. The minimum atomic E-state index is -0.693. The van der Waals surface area contributed by atoms with Crippen molar-refractivity contribution in [2.24, 2.45) is 5.73 Å². The molecule has 1 aromatic carbocycles. The third kappa shape index (κ3) is 2.98. The van der Waals surface area contributed by atoms with Crippen LogP contribution in [0.1, 0.15) is 15.9 Å². The van der Waals surface area contributed by atoms with Gasteiger partial charge in [0, 0.05) is 24.6 Å². The molecule has 1 aromatic heterocycles. The number of pyridine rings is 1. The van der Waals surface area contributed by atoms with E-state index < -0.39 is 11.7 Å². The molecule has 2 rings (SSSR count).